The van der Waals surface area contributed by atoms with Gasteiger partial charge in [0.2, 0.25) is 29.5 Å². The van der Waals surface area contributed by atoms with Crippen LogP contribution in [-0.2, 0) is 123 Å². The van der Waals surface area contributed by atoms with E-state index in [1.54, 1.807) is 0 Å². The van der Waals surface area contributed by atoms with Crippen molar-refractivity contribution in [1.82, 2.24) is 26.6 Å². The molecule has 0 spiro atoms. The van der Waals surface area contributed by atoms with Crippen molar-refractivity contribution >= 4 is 29.5 Å². The molecule has 0 aromatic carbocycles. The predicted octanol–water partition coefficient (Wildman–Crippen LogP) is -24.3. The number of amides is 5. The van der Waals surface area contributed by atoms with Gasteiger partial charge in [-0.2, -0.15) is 0 Å². The zero-order valence-electron chi connectivity index (χ0n) is 73.6. The van der Waals surface area contributed by atoms with Crippen LogP contribution in [0.15, 0.2) is 0 Å². The molecule has 11 aliphatic rings. The summed E-state index contributed by atoms with van der Waals surface area (Å²) in [7, 11) is 0. The monoisotopic (exact) mass is 2010 g/mol. The van der Waals surface area contributed by atoms with Crippen molar-refractivity contribution in [3.05, 3.63) is 0 Å². The second-order valence-corrected chi connectivity index (χ2v) is 34.5. The first kappa shape index (κ1) is 113. The lowest BCUT2D eigenvalue weighted by Gasteiger charge is -2.52. The van der Waals surface area contributed by atoms with Crippen molar-refractivity contribution in [1.29, 1.82) is 0 Å². The molecule has 61 nitrogen and oxygen atoms in total. The van der Waals surface area contributed by atoms with Crippen LogP contribution in [0.25, 0.3) is 0 Å². The number of nitrogens with one attached hydrogen (secondary N) is 5. The second-order valence-electron chi connectivity index (χ2n) is 34.5. The molecule has 35 N–H and O–H groups in total. The molecule has 137 heavy (non-hydrogen) atoms. The quantitative estimate of drug-likeness (QED) is 0.0277. The van der Waals surface area contributed by atoms with Crippen LogP contribution in [0.2, 0.25) is 0 Å². The molecule has 55 atom stereocenters. The maximum Gasteiger partial charge on any atom is 0.217 e. The number of rotatable bonds is 36. The Hall–Kier alpha value is -4.69. The van der Waals surface area contributed by atoms with Crippen LogP contribution in [0.5, 0.6) is 0 Å². The zero-order chi connectivity index (χ0) is 101. The van der Waals surface area contributed by atoms with E-state index >= 15 is 0 Å². The van der Waals surface area contributed by atoms with Gasteiger partial charge in [0.1, 0.15) is 268 Å². The van der Waals surface area contributed by atoms with E-state index in [1.165, 1.54) is 0 Å². The van der Waals surface area contributed by atoms with Gasteiger partial charge in [0.05, 0.1) is 72.7 Å². The zero-order valence-corrected chi connectivity index (χ0v) is 73.6. The highest BCUT2D eigenvalue weighted by Gasteiger charge is 2.63. The standard InChI is InChI=1S/C76H127N5O56/c1-17(92)77-33-43(102)57(26(10-86)118-66(33)116)129-67-34(78-18(2)93)45(104)61(30(14-90)123-67)134-74-56(115)63(42(101)32(128-74)16-117-75-64(51(110)41(100)25(9-85)122-75)136-69-36(80-20(4)95)46(105)59(28(12-88)125-69)132-72-53(112)49(108)39(98)23(7-83)120-72)135-76-65(137-70-37(81-21(5)96)47(106)60(29(13-89)126-70)133-73-54(113)50(109)40(99)24(8-84)121-73)55(114)62(31(15-91)127-76)130-68-35(79-19(3)94)44(103)58(27(11-87)124-68)131-71-52(111)48(107)38(97)22(6-82)119-71/h22-76,82-91,97-116H,6-16H2,1-5H3,(H,77,92)(H,78,93)(H,79,94)(H,80,95)(H,81,96)/t22-,23-,24-,25-,26-,27-,28-,29-,30-,31-,32-,33-,34-,35-,36-,37-,38+,39+,40+,41-,42-,43-,44-,45-,46-,47-,48+,49+,50+,51+,52-,53-,54-,55+,56+,57-,58-,59-,60-,61-,62-,63+,64+,65+,66?,67+,68+,69+,70+,71+,72+,73+,74-,75+,76-/m1/s1. The second kappa shape index (κ2) is 49.5. The topological polar surface area (TPSA) is 946 Å². The number of carbonyl (C=O) groups is 5. The highest BCUT2D eigenvalue weighted by atomic mass is 16.8. The lowest BCUT2D eigenvalue weighted by Crippen LogP contribution is -2.71. The van der Waals surface area contributed by atoms with E-state index in [0.29, 0.717) is 0 Å². The Morgan fingerprint density at radius 1 is 0.190 bits per heavy atom. The van der Waals surface area contributed by atoms with Crippen molar-refractivity contribution < 1.29 is 277 Å². The molecule has 0 aromatic heterocycles. The molecule has 61 heteroatoms. The lowest BCUT2D eigenvalue weighted by molar-refractivity contribution is -0.406. The molecule has 11 fully saturated rings. The average Bonchev–Trinajstić information content (AvgIpc) is 0.747. The molecule has 11 saturated heterocycles. The number of carbonyl (C=O) groups excluding carboxylic acids is 5. The third-order valence-corrected chi connectivity index (χ3v) is 25.0. The fourth-order valence-electron chi connectivity index (χ4n) is 17.8. The van der Waals surface area contributed by atoms with Crippen molar-refractivity contribution in [2.75, 3.05) is 72.7 Å². The third-order valence-electron chi connectivity index (χ3n) is 25.0. The first-order valence-corrected chi connectivity index (χ1v) is 43.7. The first-order chi connectivity index (χ1) is 64.9. The summed E-state index contributed by atoms with van der Waals surface area (Å²) in [6, 6.07) is -9.91. The number of hydrogen-bond acceptors (Lipinski definition) is 56. The Balaban J connectivity index is 0.983. The summed E-state index contributed by atoms with van der Waals surface area (Å²) in [5, 5.41) is 350. The van der Waals surface area contributed by atoms with Gasteiger partial charge >= 0.3 is 0 Å². The minimum Gasteiger partial charge on any atom is -0.394 e. The summed E-state index contributed by atoms with van der Waals surface area (Å²) in [6.45, 7) is -8.38. The highest BCUT2D eigenvalue weighted by Crippen LogP contribution is 2.42. The van der Waals surface area contributed by atoms with Gasteiger partial charge in [0.15, 0.2) is 69.2 Å². The minimum atomic E-state index is -2.75. The van der Waals surface area contributed by atoms with Crippen LogP contribution in [0.1, 0.15) is 34.6 Å². The predicted molar refractivity (Wildman–Crippen MR) is 420 cm³/mol. The Morgan fingerprint density at radius 2 is 0.401 bits per heavy atom. The summed E-state index contributed by atoms with van der Waals surface area (Å²) in [4.78, 5) is 65.2. The molecule has 11 aliphatic heterocycles. The summed E-state index contributed by atoms with van der Waals surface area (Å²) >= 11 is 0. The Labute approximate surface area is 775 Å². The molecular formula is C76H127N5O56. The van der Waals surface area contributed by atoms with Crippen LogP contribution < -0.4 is 26.6 Å². The maximum absolute atomic E-state index is 13.4. The largest absolute Gasteiger partial charge is 0.394 e. The van der Waals surface area contributed by atoms with Crippen LogP contribution in [0.4, 0.5) is 0 Å². The molecule has 0 saturated carbocycles. The Bertz CT molecular complexity index is 3780. The van der Waals surface area contributed by atoms with Gasteiger partial charge in [-0.3, -0.25) is 24.0 Å². The normalized spacial score (nSPS) is 48.9. The van der Waals surface area contributed by atoms with E-state index in [1.807, 2.05) is 0 Å². The van der Waals surface area contributed by atoms with Gasteiger partial charge in [-0.1, -0.05) is 0 Å². The number of hydrogen-bond donors (Lipinski definition) is 35. The minimum absolute atomic E-state index is 0.830. The van der Waals surface area contributed by atoms with E-state index in [4.69, 9.17) is 99.5 Å². The van der Waals surface area contributed by atoms with Crippen LogP contribution in [0.3, 0.4) is 0 Å². The summed E-state index contributed by atoms with van der Waals surface area (Å²) in [5.41, 5.74) is 0. The van der Waals surface area contributed by atoms with Crippen molar-refractivity contribution in [3.63, 3.8) is 0 Å². The van der Waals surface area contributed by atoms with Crippen LogP contribution >= 0.6 is 0 Å². The molecule has 0 bridgehead atoms. The highest BCUT2D eigenvalue weighted by molar-refractivity contribution is 5.75. The van der Waals surface area contributed by atoms with E-state index in [0.717, 1.165) is 34.6 Å². The molecule has 792 valence electrons. The first-order valence-electron chi connectivity index (χ1n) is 43.7. The van der Waals surface area contributed by atoms with Gasteiger partial charge in [-0.05, 0) is 0 Å². The van der Waals surface area contributed by atoms with Gasteiger partial charge in [0, 0.05) is 34.6 Å². The number of aliphatic hydroxyl groups is 30. The summed E-state index contributed by atoms with van der Waals surface area (Å²) < 4.78 is 126. The van der Waals surface area contributed by atoms with E-state index in [-0.39, 0.29) is 0 Å². The van der Waals surface area contributed by atoms with Gasteiger partial charge < -0.3 is 279 Å². The van der Waals surface area contributed by atoms with Crippen LogP contribution in [-0.4, -0.2) is 593 Å². The average molecular weight is 2010 g/mol. The van der Waals surface area contributed by atoms with Gasteiger partial charge in [0.25, 0.3) is 0 Å². The molecule has 11 rings (SSSR count). The fraction of sp³-hybridized carbons (Fsp3) is 0.934. The molecule has 1 unspecified atom stereocenters. The number of ether oxygens (including phenoxy) is 21. The number of aliphatic hydroxyl groups excluding tert-OH is 30. The lowest BCUT2D eigenvalue weighted by atomic mass is 9.93. The summed E-state index contributed by atoms with van der Waals surface area (Å²) in [6.07, 6.45) is -109. The molecule has 0 radical (unpaired) electrons. The van der Waals surface area contributed by atoms with Gasteiger partial charge in [-0.15, -0.1) is 0 Å². The fourth-order valence-corrected chi connectivity index (χ4v) is 17.8. The molecule has 0 aliphatic carbocycles. The van der Waals surface area contributed by atoms with Crippen LogP contribution in [0, 0.1) is 0 Å². The van der Waals surface area contributed by atoms with Crippen molar-refractivity contribution in [3.8, 4) is 0 Å². The van der Waals surface area contributed by atoms with E-state index in [9.17, 15) is 177 Å². The smallest absolute Gasteiger partial charge is 0.217 e. The Kier molecular flexibility index (Phi) is 40.7. The molecular weight excluding hydrogens is 1880 g/mol. The van der Waals surface area contributed by atoms with E-state index in [2.05, 4.69) is 26.6 Å². The van der Waals surface area contributed by atoms with Crippen molar-refractivity contribution in [2.24, 2.45) is 0 Å². The molecule has 11 heterocycles. The third kappa shape index (κ3) is 25.0. The molecule has 0 aromatic rings. The Morgan fingerprint density at radius 3 is 0.701 bits per heavy atom. The SMILES string of the molecule is CC(=O)N[C@H]1[C@H](O[C@H]2[C@H](O)[C@@H](NC(C)=O)C(O)O[C@@H]2CO)O[C@H](CO)[C@@H](O[C@H]2O[C@H](CO[C@H]3O[C@H](CO)[C@@H](O)[C@H](O)[C@@H]3O[C@@H]3O[C@H](CO)[C@@H](O[C@@H]4O[C@H](CO)[C@H](O)[C@H](O)[C@H]4O)[C@H](O)[C@H]3NC(C)=O)[C@@H](O)[C@H](O[C@H]3O[C@H](CO)[C@@H](O[C@@H]4O[C@H](CO)[C@@H](O[C@@H]5O[C@H](CO)[C@H](O)[C@H](O)[C@H]5O)[C@H](O)[C@H]4NC(C)=O)[C@H](O)[C@@H]3O[C@@H]3O[C@H](CO)[C@@H](O[C@@H]4O[C@H](CO)[C@H](O)[C@H](O)[C@H]4O)[C@H](O)[C@H]3NC(C)=O)[C@@H]2O)[C@@H]1O. The summed E-state index contributed by atoms with van der Waals surface area (Å²) in [5.74, 6) is -4.90. The maximum atomic E-state index is 13.4. The van der Waals surface area contributed by atoms with Gasteiger partial charge in [-0.25, -0.2) is 0 Å². The van der Waals surface area contributed by atoms with Crippen molar-refractivity contribution in [2.45, 2.75) is 372 Å². The molecule has 5 amide bonds. The van der Waals surface area contributed by atoms with E-state index < -0.39 is 440 Å².